The third-order valence-electron chi connectivity index (χ3n) is 14.0. The Kier molecular flexibility index (Phi) is 14.1. The summed E-state index contributed by atoms with van der Waals surface area (Å²) < 4.78 is 40.3. The van der Waals surface area contributed by atoms with Crippen LogP contribution < -0.4 is 0 Å². The summed E-state index contributed by atoms with van der Waals surface area (Å²) in [5, 5.41) is 5.81. The summed E-state index contributed by atoms with van der Waals surface area (Å²) in [5.74, 6) is 0.657. The second-order valence-corrected chi connectivity index (χ2v) is 19.8. The van der Waals surface area contributed by atoms with Crippen molar-refractivity contribution < 1.29 is 28.4 Å². The van der Waals surface area contributed by atoms with Crippen LogP contribution in [0.1, 0.15) is 76.3 Å². The molecular weight excluding hydrogens is 843 g/mol. The lowest BCUT2D eigenvalue weighted by Crippen LogP contribution is -2.45. The Morgan fingerprint density at radius 3 is 1.79 bits per heavy atom. The van der Waals surface area contributed by atoms with Gasteiger partial charge in [0.25, 0.3) is 0 Å². The zero-order valence-corrected chi connectivity index (χ0v) is 39.5. The molecular formula is C56H63N3O6S. The van der Waals surface area contributed by atoms with Crippen LogP contribution in [-0.2, 0) is 41.6 Å². The SMILES string of the molecule is CCC1(COCCCCCOCc2ccc3sc4ccc5c6cc(COCCCCCOCC7(CC)COC7)ccc6n(-c6nc(-c7ccccc7)c7ccccc7n6)c5c4c3c2)COC1. The predicted molar refractivity (Wildman–Crippen MR) is 268 cm³/mol. The number of fused-ring (bicyclic) bond motifs is 8. The first-order valence-electron chi connectivity index (χ1n) is 24.3. The van der Waals surface area contributed by atoms with Gasteiger partial charge in [0, 0.05) is 79.2 Å². The molecule has 0 radical (unpaired) electrons. The van der Waals surface area contributed by atoms with Crippen LogP contribution in [0, 0.1) is 10.8 Å². The van der Waals surface area contributed by atoms with Crippen molar-refractivity contribution in [3.05, 3.63) is 114 Å². The van der Waals surface area contributed by atoms with E-state index in [9.17, 15) is 0 Å². The maximum Gasteiger partial charge on any atom is 0.235 e. The van der Waals surface area contributed by atoms with Crippen molar-refractivity contribution in [1.82, 2.24) is 14.5 Å². The molecule has 2 saturated heterocycles. The van der Waals surface area contributed by atoms with Gasteiger partial charge in [-0.2, -0.15) is 0 Å². The molecule has 0 N–H and O–H groups in total. The van der Waals surface area contributed by atoms with Crippen molar-refractivity contribution in [2.75, 3.05) is 66.1 Å². The van der Waals surface area contributed by atoms with Crippen molar-refractivity contribution in [3.8, 4) is 17.2 Å². The molecule has 0 amide bonds. The van der Waals surface area contributed by atoms with Crippen LogP contribution in [0.5, 0.6) is 0 Å². The number of unbranched alkanes of at least 4 members (excludes halogenated alkanes) is 4. The van der Waals surface area contributed by atoms with Crippen molar-refractivity contribution in [2.45, 2.75) is 78.4 Å². The molecule has 0 spiro atoms. The van der Waals surface area contributed by atoms with Crippen LogP contribution in [0.2, 0.25) is 0 Å². The molecule has 10 heteroatoms. The third-order valence-corrected chi connectivity index (χ3v) is 15.1. The molecule has 0 aliphatic carbocycles. The highest BCUT2D eigenvalue weighted by Crippen LogP contribution is 2.44. The van der Waals surface area contributed by atoms with Gasteiger partial charge in [0.05, 0.1) is 75.1 Å². The number of ether oxygens (including phenoxy) is 6. The fourth-order valence-electron chi connectivity index (χ4n) is 9.52. The molecule has 5 aromatic carbocycles. The summed E-state index contributed by atoms with van der Waals surface area (Å²) in [6.07, 6.45) is 8.54. The lowest BCUT2D eigenvalue weighted by molar-refractivity contribution is -0.150. The molecule has 0 saturated carbocycles. The highest BCUT2D eigenvalue weighted by Gasteiger charge is 2.37. The van der Waals surface area contributed by atoms with E-state index < -0.39 is 0 Å². The standard InChI is InChI=1S/C56H63N3O6S/c1-3-55(36-64-37-55)34-62-28-14-6-12-26-60-32-40-20-23-48-45(30-40)43-22-25-50-51(53(43)59(48)54-57-47-19-11-10-18-44(47)52(58-54)42-16-8-5-9-17-42)46-31-41(21-24-49(46)66-50)33-61-27-13-7-15-29-63-35-56(4-2)38-65-39-56/h5,8-11,16-25,30-31H,3-4,6-7,12-15,26-29,32-39H2,1-2H3. The largest absolute Gasteiger partial charge is 0.381 e. The molecule has 10 rings (SSSR count). The minimum Gasteiger partial charge on any atom is -0.381 e. The van der Waals surface area contributed by atoms with Gasteiger partial charge in [-0.1, -0.05) is 80.6 Å². The van der Waals surface area contributed by atoms with E-state index in [0.29, 0.717) is 19.2 Å². The molecule has 3 aromatic heterocycles. The summed E-state index contributed by atoms with van der Waals surface area (Å²) in [6.45, 7) is 13.6. The average molecular weight is 906 g/mol. The van der Waals surface area contributed by atoms with E-state index in [1.807, 2.05) is 11.3 Å². The molecule has 0 unspecified atom stereocenters. The quantitative estimate of drug-likeness (QED) is 0.0554. The van der Waals surface area contributed by atoms with E-state index in [2.05, 4.69) is 122 Å². The van der Waals surface area contributed by atoms with Crippen LogP contribution in [-0.4, -0.2) is 80.6 Å². The first-order valence-corrected chi connectivity index (χ1v) is 25.1. The number of aromatic nitrogens is 3. The molecule has 66 heavy (non-hydrogen) atoms. The summed E-state index contributed by atoms with van der Waals surface area (Å²) in [6, 6.07) is 37.0. The Balaban J connectivity index is 0.906. The maximum atomic E-state index is 6.30. The van der Waals surface area contributed by atoms with Crippen molar-refractivity contribution in [1.29, 1.82) is 0 Å². The Bertz CT molecular complexity index is 2890. The molecule has 2 aliphatic rings. The minimum absolute atomic E-state index is 0.243. The summed E-state index contributed by atoms with van der Waals surface area (Å²) in [4.78, 5) is 10.8. The first kappa shape index (κ1) is 45.0. The van der Waals surface area contributed by atoms with Gasteiger partial charge in [-0.15, -0.1) is 11.3 Å². The number of nitrogens with zero attached hydrogens (tertiary/aromatic N) is 3. The minimum atomic E-state index is 0.243. The number of rotatable bonds is 24. The topological polar surface area (TPSA) is 86.1 Å². The molecule has 0 bridgehead atoms. The zero-order valence-electron chi connectivity index (χ0n) is 38.7. The van der Waals surface area contributed by atoms with Crippen molar-refractivity contribution >= 4 is 64.2 Å². The number of thiophene rings is 1. The van der Waals surface area contributed by atoms with Crippen LogP contribution in [0.25, 0.3) is 70.1 Å². The Morgan fingerprint density at radius 1 is 0.561 bits per heavy atom. The predicted octanol–water partition coefficient (Wildman–Crippen LogP) is 13.0. The Labute approximate surface area is 392 Å². The van der Waals surface area contributed by atoms with Gasteiger partial charge in [-0.25, -0.2) is 9.97 Å². The fraction of sp³-hybridized carbons (Fsp3) is 0.429. The smallest absolute Gasteiger partial charge is 0.235 e. The van der Waals surface area contributed by atoms with Crippen molar-refractivity contribution in [3.63, 3.8) is 0 Å². The van der Waals surface area contributed by atoms with Gasteiger partial charge in [0.2, 0.25) is 5.95 Å². The number of hydrogen-bond acceptors (Lipinski definition) is 9. The molecule has 9 nitrogen and oxygen atoms in total. The van der Waals surface area contributed by atoms with Gasteiger partial charge in [-0.3, -0.25) is 4.57 Å². The lowest BCUT2D eigenvalue weighted by Gasteiger charge is -2.40. The van der Waals surface area contributed by atoms with Crippen LogP contribution in [0.15, 0.2) is 103 Å². The number of hydrogen-bond donors (Lipinski definition) is 0. The number of benzene rings is 5. The fourth-order valence-corrected chi connectivity index (χ4v) is 10.6. The van der Waals surface area contributed by atoms with Gasteiger partial charge in [0.1, 0.15) is 0 Å². The highest BCUT2D eigenvalue weighted by atomic mass is 32.1. The molecule has 5 heterocycles. The highest BCUT2D eigenvalue weighted by molar-refractivity contribution is 7.26. The van der Waals surface area contributed by atoms with Gasteiger partial charge < -0.3 is 28.4 Å². The zero-order chi connectivity index (χ0) is 44.8. The van der Waals surface area contributed by atoms with E-state index in [1.165, 1.54) is 31.1 Å². The normalized spacial score (nSPS) is 15.6. The van der Waals surface area contributed by atoms with E-state index in [-0.39, 0.29) is 10.8 Å². The van der Waals surface area contributed by atoms with E-state index in [1.54, 1.807) is 0 Å². The Hall–Kier alpha value is -4.78. The van der Waals surface area contributed by atoms with E-state index in [0.717, 1.165) is 162 Å². The molecule has 0 atom stereocenters. The number of para-hydroxylation sites is 1. The van der Waals surface area contributed by atoms with Crippen molar-refractivity contribution in [2.24, 2.45) is 10.8 Å². The molecule has 2 aliphatic heterocycles. The second-order valence-electron chi connectivity index (χ2n) is 18.7. The molecule has 344 valence electrons. The summed E-state index contributed by atoms with van der Waals surface area (Å²) >= 11 is 1.83. The van der Waals surface area contributed by atoms with Crippen LogP contribution in [0.3, 0.4) is 0 Å². The second kappa shape index (κ2) is 20.6. The maximum absolute atomic E-state index is 6.30. The third kappa shape index (κ3) is 9.52. The van der Waals surface area contributed by atoms with E-state index in [4.69, 9.17) is 38.4 Å². The lowest BCUT2D eigenvalue weighted by atomic mass is 9.84. The Morgan fingerprint density at radius 2 is 1.15 bits per heavy atom. The van der Waals surface area contributed by atoms with Crippen LogP contribution in [0.4, 0.5) is 0 Å². The van der Waals surface area contributed by atoms with Crippen LogP contribution >= 0.6 is 11.3 Å². The van der Waals surface area contributed by atoms with Gasteiger partial charge >= 0.3 is 0 Å². The monoisotopic (exact) mass is 905 g/mol. The summed E-state index contributed by atoms with van der Waals surface area (Å²) in [7, 11) is 0. The average Bonchev–Trinajstić information content (AvgIpc) is 3.87. The molecule has 2 fully saturated rings. The van der Waals surface area contributed by atoms with Gasteiger partial charge in [0.15, 0.2) is 0 Å². The summed E-state index contributed by atoms with van der Waals surface area (Å²) in [5.41, 5.74) is 7.89. The van der Waals surface area contributed by atoms with Gasteiger partial charge in [-0.05, 0) is 98.9 Å². The molecule has 8 aromatic rings. The van der Waals surface area contributed by atoms with E-state index >= 15 is 0 Å². The first-order chi connectivity index (χ1) is 32.6.